The summed E-state index contributed by atoms with van der Waals surface area (Å²) in [5.41, 5.74) is 8.00. The van der Waals surface area contributed by atoms with Gasteiger partial charge in [-0.15, -0.1) is 0 Å². The molecular weight excluding hydrogens is 254 g/mol. The van der Waals surface area contributed by atoms with Gasteiger partial charge in [-0.3, -0.25) is 4.79 Å². The molecule has 2 aromatic heterocycles. The van der Waals surface area contributed by atoms with Gasteiger partial charge in [-0.05, 0) is 18.6 Å². The number of nitrogens with zero attached hydrogens (tertiary/aromatic N) is 2. The SMILES string of the molecule is CCc1c(N)nc(Cc2nc3ccccc3[nH]2)[nH]c1=O. The number of hydrogen-bond acceptors (Lipinski definition) is 4. The minimum absolute atomic E-state index is 0.175. The van der Waals surface area contributed by atoms with Crippen LogP contribution in [0.4, 0.5) is 5.82 Å². The third kappa shape index (κ3) is 2.16. The van der Waals surface area contributed by atoms with Crippen molar-refractivity contribution in [2.75, 3.05) is 5.73 Å². The quantitative estimate of drug-likeness (QED) is 0.668. The van der Waals surface area contributed by atoms with Crippen LogP contribution < -0.4 is 11.3 Å². The average molecular weight is 269 g/mol. The lowest BCUT2D eigenvalue weighted by molar-refractivity contribution is 0.885. The van der Waals surface area contributed by atoms with Crippen LogP contribution in [0.2, 0.25) is 0 Å². The van der Waals surface area contributed by atoms with Gasteiger partial charge in [0.05, 0.1) is 23.0 Å². The number of nitrogens with one attached hydrogen (secondary N) is 2. The van der Waals surface area contributed by atoms with Crippen LogP contribution >= 0.6 is 0 Å². The molecule has 0 fully saturated rings. The molecule has 3 rings (SSSR count). The third-order valence-electron chi connectivity index (χ3n) is 3.22. The van der Waals surface area contributed by atoms with Crippen molar-refractivity contribution in [1.29, 1.82) is 0 Å². The summed E-state index contributed by atoms with van der Waals surface area (Å²) >= 11 is 0. The van der Waals surface area contributed by atoms with Gasteiger partial charge in [0.2, 0.25) is 0 Å². The maximum Gasteiger partial charge on any atom is 0.256 e. The number of para-hydroxylation sites is 2. The number of imidazole rings is 1. The number of rotatable bonds is 3. The summed E-state index contributed by atoms with van der Waals surface area (Å²) in [4.78, 5) is 26.5. The lowest BCUT2D eigenvalue weighted by Gasteiger charge is -2.03. The Balaban J connectivity index is 1.96. The van der Waals surface area contributed by atoms with Crippen molar-refractivity contribution in [2.24, 2.45) is 0 Å². The Kier molecular flexibility index (Phi) is 2.98. The molecule has 0 saturated carbocycles. The maximum absolute atomic E-state index is 11.8. The first-order valence-electron chi connectivity index (χ1n) is 6.48. The molecule has 20 heavy (non-hydrogen) atoms. The molecule has 0 unspecified atom stereocenters. The van der Waals surface area contributed by atoms with E-state index < -0.39 is 0 Å². The van der Waals surface area contributed by atoms with Crippen molar-refractivity contribution in [2.45, 2.75) is 19.8 Å². The van der Waals surface area contributed by atoms with Gasteiger partial charge in [-0.25, -0.2) is 9.97 Å². The van der Waals surface area contributed by atoms with Gasteiger partial charge in [0.25, 0.3) is 5.56 Å². The van der Waals surface area contributed by atoms with Crippen LogP contribution in [0, 0.1) is 0 Å². The molecule has 0 atom stereocenters. The van der Waals surface area contributed by atoms with E-state index in [1.807, 2.05) is 31.2 Å². The van der Waals surface area contributed by atoms with Gasteiger partial charge in [-0.2, -0.15) is 0 Å². The molecule has 6 heteroatoms. The van der Waals surface area contributed by atoms with Crippen LogP contribution in [0.5, 0.6) is 0 Å². The smallest absolute Gasteiger partial charge is 0.256 e. The zero-order chi connectivity index (χ0) is 14.1. The molecule has 4 N–H and O–H groups in total. The number of nitrogens with two attached hydrogens (primary N) is 1. The first-order chi connectivity index (χ1) is 9.67. The maximum atomic E-state index is 11.8. The van der Waals surface area contributed by atoms with Crippen molar-refractivity contribution in [3.63, 3.8) is 0 Å². The van der Waals surface area contributed by atoms with Crippen LogP contribution in [0.15, 0.2) is 29.1 Å². The fourth-order valence-electron chi connectivity index (χ4n) is 2.24. The number of fused-ring (bicyclic) bond motifs is 1. The minimum Gasteiger partial charge on any atom is -0.383 e. The standard InChI is InChI=1S/C14H15N5O/c1-2-8-13(15)18-12(19-14(8)20)7-11-16-9-5-3-4-6-10(9)17-11/h3-6H,2,7H2,1H3,(H,16,17)(H3,15,18,19,20). The van der Waals surface area contributed by atoms with Crippen molar-refractivity contribution in [3.05, 3.63) is 51.8 Å². The van der Waals surface area contributed by atoms with E-state index in [0.29, 0.717) is 30.0 Å². The highest BCUT2D eigenvalue weighted by Crippen LogP contribution is 2.12. The fourth-order valence-corrected chi connectivity index (χ4v) is 2.24. The Morgan fingerprint density at radius 1 is 1.15 bits per heavy atom. The van der Waals surface area contributed by atoms with Gasteiger partial charge in [-0.1, -0.05) is 19.1 Å². The van der Waals surface area contributed by atoms with Gasteiger partial charge < -0.3 is 15.7 Å². The molecule has 0 radical (unpaired) electrons. The first-order valence-corrected chi connectivity index (χ1v) is 6.48. The number of hydrogen-bond donors (Lipinski definition) is 3. The summed E-state index contributed by atoms with van der Waals surface area (Å²) in [6.45, 7) is 1.88. The molecule has 0 amide bonds. The summed E-state index contributed by atoms with van der Waals surface area (Å²) in [6, 6.07) is 7.76. The number of H-pyrrole nitrogens is 2. The molecule has 0 bridgehead atoms. The number of benzene rings is 1. The number of anilines is 1. The van der Waals surface area contributed by atoms with Crippen LogP contribution in [0.1, 0.15) is 24.1 Å². The first kappa shape index (κ1) is 12.4. The molecule has 3 aromatic rings. The Labute approximate surface area is 115 Å². The van der Waals surface area contributed by atoms with Gasteiger partial charge >= 0.3 is 0 Å². The lowest BCUT2D eigenvalue weighted by Crippen LogP contribution is -2.19. The van der Waals surface area contributed by atoms with Crippen LogP contribution in [0.25, 0.3) is 11.0 Å². The highest BCUT2D eigenvalue weighted by Gasteiger charge is 2.09. The summed E-state index contributed by atoms with van der Waals surface area (Å²) in [5, 5.41) is 0. The third-order valence-corrected chi connectivity index (χ3v) is 3.22. The summed E-state index contributed by atoms with van der Waals surface area (Å²) in [7, 11) is 0. The number of aromatic amines is 2. The van der Waals surface area contributed by atoms with Gasteiger partial charge in [0.15, 0.2) is 0 Å². The Morgan fingerprint density at radius 3 is 2.60 bits per heavy atom. The van der Waals surface area contributed by atoms with Crippen molar-refractivity contribution in [1.82, 2.24) is 19.9 Å². The van der Waals surface area contributed by atoms with Crippen molar-refractivity contribution in [3.8, 4) is 0 Å². The molecule has 1 aromatic carbocycles. The second-order valence-corrected chi connectivity index (χ2v) is 4.61. The van der Waals surface area contributed by atoms with Crippen molar-refractivity contribution < 1.29 is 0 Å². The molecular formula is C14H15N5O. The minimum atomic E-state index is -0.175. The Hall–Kier alpha value is -2.63. The highest BCUT2D eigenvalue weighted by molar-refractivity contribution is 5.74. The van der Waals surface area contributed by atoms with Crippen LogP contribution in [-0.2, 0) is 12.8 Å². The normalized spacial score (nSPS) is 11.1. The molecule has 0 aliphatic heterocycles. The zero-order valence-corrected chi connectivity index (χ0v) is 11.1. The second kappa shape index (κ2) is 4.80. The average Bonchev–Trinajstić information content (AvgIpc) is 2.80. The topological polar surface area (TPSA) is 100 Å². The second-order valence-electron chi connectivity index (χ2n) is 4.61. The van der Waals surface area contributed by atoms with Crippen molar-refractivity contribution >= 4 is 16.9 Å². The molecule has 2 heterocycles. The zero-order valence-electron chi connectivity index (χ0n) is 11.1. The van der Waals surface area contributed by atoms with E-state index >= 15 is 0 Å². The molecule has 0 spiro atoms. The molecule has 102 valence electrons. The number of nitrogen functional groups attached to an aromatic ring is 1. The van der Waals surface area contributed by atoms with Crippen LogP contribution in [0.3, 0.4) is 0 Å². The summed E-state index contributed by atoms with van der Waals surface area (Å²) in [6.07, 6.45) is 0.983. The van der Waals surface area contributed by atoms with Gasteiger partial charge in [0.1, 0.15) is 17.5 Å². The monoisotopic (exact) mass is 269 g/mol. The Bertz CT molecular complexity index is 785. The molecule has 6 nitrogen and oxygen atoms in total. The van der Waals surface area contributed by atoms with E-state index in [4.69, 9.17) is 5.73 Å². The highest BCUT2D eigenvalue weighted by atomic mass is 16.1. The number of aromatic nitrogens is 4. The molecule has 0 aliphatic carbocycles. The summed E-state index contributed by atoms with van der Waals surface area (Å²) in [5.74, 6) is 1.56. The van der Waals surface area contributed by atoms with E-state index in [1.54, 1.807) is 0 Å². The van der Waals surface area contributed by atoms with E-state index in [2.05, 4.69) is 19.9 Å². The van der Waals surface area contributed by atoms with E-state index in [-0.39, 0.29) is 5.56 Å². The molecule has 0 saturated heterocycles. The van der Waals surface area contributed by atoms with Crippen LogP contribution in [-0.4, -0.2) is 19.9 Å². The van der Waals surface area contributed by atoms with Gasteiger partial charge in [0, 0.05) is 0 Å². The van der Waals surface area contributed by atoms with E-state index in [1.165, 1.54) is 0 Å². The summed E-state index contributed by atoms with van der Waals surface area (Å²) < 4.78 is 0. The predicted octanol–water partition coefficient (Wildman–Crippen LogP) is 1.38. The fraction of sp³-hybridized carbons (Fsp3) is 0.214. The van der Waals surface area contributed by atoms with E-state index in [9.17, 15) is 4.79 Å². The largest absolute Gasteiger partial charge is 0.383 e. The lowest BCUT2D eigenvalue weighted by atomic mass is 10.2. The van der Waals surface area contributed by atoms with E-state index in [0.717, 1.165) is 16.9 Å². The molecule has 0 aliphatic rings. The Morgan fingerprint density at radius 2 is 1.90 bits per heavy atom. The predicted molar refractivity (Wildman–Crippen MR) is 77.5 cm³/mol.